The lowest BCUT2D eigenvalue weighted by Gasteiger charge is -2.58. The summed E-state index contributed by atoms with van der Waals surface area (Å²) in [5.41, 5.74) is -0.487. The lowest BCUT2D eigenvalue weighted by molar-refractivity contribution is -0.151. The summed E-state index contributed by atoms with van der Waals surface area (Å²) in [6.07, 6.45) is 9.69. The van der Waals surface area contributed by atoms with Crippen LogP contribution in [0.1, 0.15) is 74.7 Å². The topological polar surface area (TPSA) is 58.4 Å². The van der Waals surface area contributed by atoms with Crippen molar-refractivity contribution in [1.82, 2.24) is 9.78 Å². The van der Waals surface area contributed by atoms with Gasteiger partial charge in [-0.3, -0.25) is 4.79 Å². The van der Waals surface area contributed by atoms with Gasteiger partial charge in [-0.05, 0) is 68.6 Å². The molecule has 6 rings (SSSR count). The van der Waals surface area contributed by atoms with Crippen LogP contribution in [0.4, 0.5) is 10.2 Å². The molecule has 0 saturated heterocycles. The van der Waals surface area contributed by atoms with E-state index in [9.17, 15) is 9.90 Å². The molecule has 1 N–H and O–H groups in total. The third-order valence-corrected chi connectivity index (χ3v) is 8.29. The Morgan fingerprint density at radius 2 is 1.89 bits per heavy atom. The predicted octanol–water partition coefficient (Wildman–Crippen LogP) is 3.70. The Balaban J connectivity index is 1.34. The van der Waals surface area contributed by atoms with E-state index in [1.165, 1.54) is 12.8 Å². The van der Waals surface area contributed by atoms with E-state index < -0.39 is 11.4 Å². The summed E-state index contributed by atoms with van der Waals surface area (Å²) < 4.78 is 16.8. The molecule has 5 aliphatic rings. The van der Waals surface area contributed by atoms with Gasteiger partial charge in [-0.15, -0.1) is 0 Å². The Morgan fingerprint density at radius 1 is 1.25 bits per heavy atom. The summed E-state index contributed by atoms with van der Waals surface area (Å²) in [6.45, 7) is 0. The van der Waals surface area contributed by atoms with Crippen molar-refractivity contribution in [2.75, 3.05) is 11.9 Å². The Hall–Kier alpha value is -1.43. The zero-order valence-corrected chi connectivity index (χ0v) is 17.0. The molecule has 5 aliphatic carbocycles. The van der Waals surface area contributed by atoms with Crippen LogP contribution in [-0.4, -0.2) is 39.4 Å². The molecule has 2 atom stereocenters. The molecule has 0 radical (unpaired) electrons. The molecule has 5 saturated carbocycles. The van der Waals surface area contributed by atoms with E-state index in [0.29, 0.717) is 36.0 Å². The first-order valence-electron chi connectivity index (χ1n) is 11.1. The molecular weight excluding hydrogens is 357 g/mol. The van der Waals surface area contributed by atoms with Crippen molar-refractivity contribution < 1.29 is 14.3 Å². The molecule has 0 amide bonds. The van der Waals surface area contributed by atoms with Crippen LogP contribution in [0.5, 0.6) is 0 Å². The van der Waals surface area contributed by atoms with Gasteiger partial charge < -0.3 is 10.0 Å². The molecule has 0 spiro atoms. The SMILES string of the molecule is CN(c1c(F)c(C(=O)CC2C3CC4CC2CC(O)(C4)C3)nn1C)C1CCCC1. The molecule has 4 bridgehead atoms. The summed E-state index contributed by atoms with van der Waals surface area (Å²) in [5.74, 6) is 1.54. The summed E-state index contributed by atoms with van der Waals surface area (Å²) in [4.78, 5) is 15.0. The van der Waals surface area contributed by atoms with Gasteiger partial charge in [0.15, 0.2) is 23.1 Å². The fourth-order valence-electron chi connectivity index (χ4n) is 7.25. The number of rotatable bonds is 5. The number of halogens is 1. The van der Waals surface area contributed by atoms with Gasteiger partial charge in [0, 0.05) is 26.6 Å². The minimum Gasteiger partial charge on any atom is -0.390 e. The second-order valence-electron chi connectivity index (χ2n) is 10.1. The van der Waals surface area contributed by atoms with E-state index in [1.54, 1.807) is 11.7 Å². The third-order valence-electron chi connectivity index (χ3n) is 8.29. The van der Waals surface area contributed by atoms with Gasteiger partial charge in [-0.25, -0.2) is 9.07 Å². The Labute approximate surface area is 166 Å². The van der Waals surface area contributed by atoms with Crippen LogP contribution < -0.4 is 4.90 Å². The van der Waals surface area contributed by atoms with Crippen LogP contribution in [0.15, 0.2) is 0 Å². The highest BCUT2D eigenvalue weighted by Crippen LogP contribution is 2.59. The quantitative estimate of drug-likeness (QED) is 0.780. The number of hydrogen-bond acceptors (Lipinski definition) is 4. The molecule has 1 heterocycles. The van der Waals surface area contributed by atoms with E-state index in [0.717, 1.165) is 44.9 Å². The van der Waals surface area contributed by atoms with E-state index >= 15 is 4.39 Å². The van der Waals surface area contributed by atoms with Crippen LogP contribution in [0, 0.1) is 29.5 Å². The minimum atomic E-state index is -0.497. The Morgan fingerprint density at radius 3 is 2.50 bits per heavy atom. The maximum Gasteiger partial charge on any atom is 0.196 e. The van der Waals surface area contributed by atoms with Crippen molar-refractivity contribution in [3.8, 4) is 0 Å². The number of ketones is 1. The lowest BCUT2D eigenvalue weighted by Crippen LogP contribution is -2.54. The molecule has 0 aliphatic heterocycles. The van der Waals surface area contributed by atoms with Crippen molar-refractivity contribution in [3.63, 3.8) is 0 Å². The highest BCUT2D eigenvalue weighted by molar-refractivity contribution is 5.95. The van der Waals surface area contributed by atoms with E-state index in [-0.39, 0.29) is 17.4 Å². The van der Waals surface area contributed by atoms with Crippen molar-refractivity contribution in [3.05, 3.63) is 11.5 Å². The molecule has 1 aromatic heterocycles. The maximum absolute atomic E-state index is 15.2. The largest absolute Gasteiger partial charge is 0.390 e. The van der Waals surface area contributed by atoms with Gasteiger partial charge >= 0.3 is 0 Å². The van der Waals surface area contributed by atoms with Crippen LogP contribution in [0.3, 0.4) is 0 Å². The molecule has 6 heteroatoms. The number of aliphatic hydroxyl groups is 1. The molecule has 5 nitrogen and oxygen atoms in total. The molecule has 0 aromatic carbocycles. The standard InChI is InChI=1S/C22H32FN3O2/c1-25(16-5-3-4-6-16)21-19(23)20(24-26(21)2)18(27)9-17-14-7-13-8-15(17)12-22(28,10-13)11-14/h13-17,28H,3-12H2,1-2H3. The van der Waals surface area contributed by atoms with Crippen molar-refractivity contribution in [2.24, 2.45) is 30.7 Å². The van der Waals surface area contributed by atoms with Crippen LogP contribution >= 0.6 is 0 Å². The van der Waals surface area contributed by atoms with Crippen molar-refractivity contribution >= 4 is 11.6 Å². The number of carbonyl (C=O) groups excluding carboxylic acids is 1. The lowest BCUT2D eigenvalue weighted by atomic mass is 9.49. The van der Waals surface area contributed by atoms with E-state index in [4.69, 9.17) is 0 Å². The number of carbonyl (C=O) groups is 1. The molecule has 28 heavy (non-hydrogen) atoms. The fraction of sp³-hybridized carbons (Fsp3) is 0.818. The first-order chi connectivity index (χ1) is 13.3. The number of anilines is 1. The zero-order chi connectivity index (χ0) is 19.6. The van der Waals surface area contributed by atoms with Crippen molar-refractivity contribution in [1.29, 1.82) is 0 Å². The first-order valence-corrected chi connectivity index (χ1v) is 11.1. The van der Waals surface area contributed by atoms with E-state index in [2.05, 4.69) is 5.10 Å². The van der Waals surface area contributed by atoms with Crippen LogP contribution in [0.2, 0.25) is 0 Å². The second-order valence-corrected chi connectivity index (χ2v) is 10.1. The van der Waals surface area contributed by atoms with Crippen LogP contribution in [0.25, 0.3) is 0 Å². The average Bonchev–Trinajstić information content (AvgIpc) is 3.24. The minimum absolute atomic E-state index is 0.00913. The zero-order valence-electron chi connectivity index (χ0n) is 17.0. The molecule has 5 fully saturated rings. The number of aromatic nitrogens is 2. The third kappa shape index (κ3) is 2.90. The number of aryl methyl sites for hydroxylation is 1. The fourth-order valence-corrected chi connectivity index (χ4v) is 7.25. The first kappa shape index (κ1) is 18.6. The van der Waals surface area contributed by atoms with Crippen molar-refractivity contribution in [2.45, 2.75) is 75.9 Å². The van der Waals surface area contributed by atoms with Gasteiger partial charge in [-0.1, -0.05) is 12.8 Å². The number of nitrogens with zero attached hydrogens (tertiary/aromatic N) is 3. The van der Waals surface area contributed by atoms with Gasteiger partial charge in [0.2, 0.25) is 0 Å². The molecular formula is C22H32FN3O2. The number of Topliss-reactive ketones (excluding diaryl/α,β-unsaturated/α-hetero) is 1. The summed E-state index contributed by atoms with van der Waals surface area (Å²) in [5, 5.41) is 15.1. The highest BCUT2D eigenvalue weighted by atomic mass is 19.1. The van der Waals surface area contributed by atoms with Gasteiger partial charge in [0.1, 0.15) is 0 Å². The highest BCUT2D eigenvalue weighted by Gasteiger charge is 2.55. The molecule has 154 valence electrons. The maximum atomic E-state index is 15.2. The molecule has 2 unspecified atom stereocenters. The number of hydrogen-bond donors (Lipinski definition) is 1. The van der Waals surface area contributed by atoms with Gasteiger partial charge in [0.05, 0.1) is 5.60 Å². The second kappa shape index (κ2) is 6.54. The average molecular weight is 390 g/mol. The summed E-state index contributed by atoms with van der Waals surface area (Å²) >= 11 is 0. The van der Waals surface area contributed by atoms with Crippen LogP contribution in [-0.2, 0) is 7.05 Å². The Bertz CT molecular complexity index is 769. The smallest absolute Gasteiger partial charge is 0.196 e. The van der Waals surface area contributed by atoms with Gasteiger partial charge in [-0.2, -0.15) is 5.10 Å². The normalized spacial score (nSPS) is 37.0. The monoisotopic (exact) mass is 389 g/mol. The van der Waals surface area contributed by atoms with E-state index in [1.807, 2.05) is 11.9 Å². The molecule has 1 aromatic rings. The summed E-state index contributed by atoms with van der Waals surface area (Å²) in [6, 6.07) is 0.332. The summed E-state index contributed by atoms with van der Waals surface area (Å²) in [7, 11) is 3.65. The van der Waals surface area contributed by atoms with Gasteiger partial charge in [0.25, 0.3) is 0 Å². The predicted molar refractivity (Wildman–Crippen MR) is 105 cm³/mol. The Kier molecular flexibility index (Phi) is 4.34.